The zero-order valence-corrected chi connectivity index (χ0v) is 21.2. The van der Waals surface area contributed by atoms with E-state index in [-0.39, 0.29) is 0 Å². The Morgan fingerprint density at radius 3 is 1.62 bits per heavy atom. The molecule has 2 heterocycles. The van der Waals surface area contributed by atoms with Crippen molar-refractivity contribution in [2.75, 3.05) is 0 Å². The van der Waals surface area contributed by atoms with Gasteiger partial charge in [0, 0.05) is 27.8 Å². The predicted molar refractivity (Wildman–Crippen MR) is 156 cm³/mol. The minimum atomic E-state index is -0.621. The average molecular weight is 501 g/mol. The summed E-state index contributed by atoms with van der Waals surface area (Å²) in [6, 6.07) is 51.0. The average Bonchev–Trinajstić information content (AvgIpc) is 3.01. The van der Waals surface area contributed by atoms with E-state index in [1.807, 2.05) is 18.2 Å². The summed E-state index contributed by atoms with van der Waals surface area (Å²) < 4.78 is 13.4. The summed E-state index contributed by atoms with van der Waals surface area (Å²) in [5.41, 5.74) is 8.37. The van der Waals surface area contributed by atoms with Crippen LogP contribution in [0.25, 0.3) is 22.3 Å². The van der Waals surface area contributed by atoms with Crippen LogP contribution in [0.5, 0.6) is 23.0 Å². The normalized spacial score (nSPS) is 13.7. The number of benzene rings is 6. The van der Waals surface area contributed by atoms with Crippen molar-refractivity contribution in [2.45, 2.75) is 5.41 Å². The van der Waals surface area contributed by atoms with Crippen LogP contribution >= 0.6 is 0 Å². The molecule has 0 radical (unpaired) electrons. The first-order valence-corrected chi connectivity index (χ1v) is 13.3. The van der Waals surface area contributed by atoms with Crippen molar-refractivity contribution in [3.05, 3.63) is 168 Å². The molecule has 39 heavy (non-hydrogen) atoms. The van der Waals surface area contributed by atoms with Crippen LogP contribution < -0.4 is 9.47 Å². The highest BCUT2D eigenvalue weighted by atomic mass is 16.5. The van der Waals surface area contributed by atoms with Crippen LogP contribution in [0, 0.1) is 0 Å². The second-order valence-electron chi connectivity index (χ2n) is 10.1. The summed E-state index contributed by atoms with van der Waals surface area (Å²) in [6.07, 6.45) is 0. The number of ether oxygens (including phenoxy) is 2. The maximum Gasteiger partial charge on any atom is 0.140 e. The first kappa shape index (κ1) is 22.0. The molecule has 6 aromatic carbocycles. The van der Waals surface area contributed by atoms with Crippen LogP contribution in [0.1, 0.15) is 22.3 Å². The zero-order chi connectivity index (χ0) is 25.8. The molecule has 0 fully saturated rings. The van der Waals surface area contributed by atoms with Gasteiger partial charge in [-0.3, -0.25) is 0 Å². The Kier molecular flexibility index (Phi) is 4.77. The number of hydrogen-bond donors (Lipinski definition) is 0. The van der Waals surface area contributed by atoms with E-state index >= 15 is 0 Å². The van der Waals surface area contributed by atoms with E-state index in [1.54, 1.807) is 0 Å². The van der Waals surface area contributed by atoms with Crippen LogP contribution in [-0.4, -0.2) is 0 Å². The summed E-state index contributed by atoms with van der Waals surface area (Å²) in [5.74, 6) is 3.47. The SMILES string of the molecule is c1ccc(-c2ccc3c(c2)C2(c4ccccc4Oc4ccccc42)c2cccc(-c4ccccc4)c2O3)cc1. The molecule has 1 spiro atoms. The fourth-order valence-corrected chi connectivity index (χ4v) is 6.34. The van der Waals surface area contributed by atoms with Gasteiger partial charge in [-0.2, -0.15) is 0 Å². The molecule has 0 atom stereocenters. The fraction of sp³-hybridized carbons (Fsp3) is 0.0270. The van der Waals surface area contributed by atoms with Crippen LogP contribution in [0.2, 0.25) is 0 Å². The van der Waals surface area contributed by atoms with Crippen molar-refractivity contribution in [1.29, 1.82) is 0 Å². The van der Waals surface area contributed by atoms with E-state index in [9.17, 15) is 0 Å². The quantitative estimate of drug-likeness (QED) is 0.235. The second kappa shape index (κ2) is 8.47. The Labute approximate surface area is 227 Å². The molecular weight excluding hydrogens is 476 g/mol. The van der Waals surface area contributed by atoms with E-state index in [0.717, 1.165) is 61.9 Å². The van der Waals surface area contributed by atoms with Gasteiger partial charge in [0.15, 0.2) is 0 Å². The van der Waals surface area contributed by atoms with Crippen molar-refractivity contribution in [1.82, 2.24) is 0 Å². The minimum Gasteiger partial charge on any atom is -0.457 e. The number of para-hydroxylation sites is 3. The minimum absolute atomic E-state index is 0.621. The summed E-state index contributed by atoms with van der Waals surface area (Å²) in [6.45, 7) is 0. The van der Waals surface area contributed by atoms with Crippen LogP contribution in [0.15, 0.2) is 146 Å². The third-order valence-electron chi connectivity index (χ3n) is 8.01. The Morgan fingerprint density at radius 2 is 0.923 bits per heavy atom. The molecule has 2 nitrogen and oxygen atoms in total. The molecule has 0 amide bonds. The summed E-state index contributed by atoms with van der Waals surface area (Å²) in [4.78, 5) is 0. The number of hydrogen-bond acceptors (Lipinski definition) is 2. The van der Waals surface area contributed by atoms with Crippen molar-refractivity contribution in [2.24, 2.45) is 0 Å². The van der Waals surface area contributed by atoms with Gasteiger partial charge >= 0.3 is 0 Å². The van der Waals surface area contributed by atoms with Gasteiger partial charge in [-0.1, -0.05) is 121 Å². The maximum atomic E-state index is 6.87. The van der Waals surface area contributed by atoms with Crippen molar-refractivity contribution in [3.63, 3.8) is 0 Å². The second-order valence-corrected chi connectivity index (χ2v) is 10.1. The fourth-order valence-electron chi connectivity index (χ4n) is 6.34. The lowest BCUT2D eigenvalue weighted by molar-refractivity contribution is 0.400. The van der Waals surface area contributed by atoms with Gasteiger partial charge in [-0.15, -0.1) is 0 Å². The van der Waals surface area contributed by atoms with Gasteiger partial charge in [-0.25, -0.2) is 0 Å². The smallest absolute Gasteiger partial charge is 0.140 e. The number of rotatable bonds is 2. The van der Waals surface area contributed by atoms with E-state index in [1.165, 1.54) is 5.56 Å². The summed E-state index contributed by atoms with van der Waals surface area (Å²) >= 11 is 0. The monoisotopic (exact) mass is 500 g/mol. The van der Waals surface area contributed by atoms with Crippen molar-refractivity contribution >= 4 is 0 Å². The molecule has 0 saturated carbocycles. The standard InChI is InChI=1S/C37H24O2/c1-3-12-25(13-4-1)27-22-23-35-32(24-27)37(29-17-7-9-20-33(29)38-34-21-10-8-18-30(34)37)31-19-11-16-28(36(31)39-35)26-14-5-2-6-15-26/h1-24H. The molecule has 8 rings (SSSR count). The third kappa shape index (κ3) is 3.15. The van der Waals surface area contributed by atoms with Gasteiger partial charge in [0.25, 0.3) is 0 Å². The van der Waals surface area contributed by atoms with E-state index < -0.39 is 5.41 Å². The molecule has 0 aromatic heterocycles. The van der Waals surface area contributed by atoms with E-state index in [0.29, 0.717) is 0 Å². The molecule has 0 N–H and O–H groups in total. The molecule has 0 bridgehead atoms. The lowest BCUT2D eigenvalue weighted by Crippen LogP contribution is -2.37. The van der Waals surface area contributed by atoms with Gasteiger partial charge in [0.1, 0.15) is 23.0 Å². The maximum absolute atomic E-state index is 6.87. The van der Waals surface area contributed by atoms with Gasteiger partial charge < -0.3 is 9.47 Å². The van der Waals surface area contributed by atoms with Crippen molar-refractivity contribution in [3.8, 4) is 45.3 Å². The lowest BCUT2D eigenvalue weighted by Gasteiger charge is -2.45. The van der Waals surface area contributed by atoms with Crippen molar-refractivity contribution < 1.29 is 9.47 Å². The molecule has 2 heteroatoms. The summed E-state index contributed by atoms with van der Waals surface area (Å²) in [7, 11) is 0. The summed E-state index contributed by atoms with van der Waals surface area (Å²) in [5, 5.41) is 0. The Hall–Kier alpha value is -5.08. The molecular formula is C37H24O2. The van der Waals surface area contributed by atoms with Crippen LogP contribution in [0.3, 0.4) is 0 Å². The van der Waals surface area contributed by atoms with E-state index in [2.05, 4.69) is 127 Å². The molecule has 184 valence electrons. The molecule has 6 aromatic rings. The van der Waals surface area contributed by atoms with Crippen LogP contribution in [0.4, 0.5) is 0 Å². The Balaban J connectivity index is 1.52. The van der Waals surface area contributed by atoms with Gasteiger partial charge in [0.05, 0.1) is 5.41 Å². The predicted octanol–water partition coefficient (Wildman–Crippen LogP) is 9.61. The molecule has 2 aliphatic rings. The highest BCUT2D eigenvalue weighted by Crippen LogP contribution is 2.62. The molecule has 0 unspecified atom stereocenters. The number of fused-ring (bicyclic) bond motifs is 8. The topological polar surface area (TPSA) is 18.5 Å². The van der Waals surface area contributed by atoms with Gasteiger partial charge in [0.2, 0.25) is 0 Å². The van der Waals surface area contributed by atoms with Gasteiger partial charge in [-0.05, 0) is 41.0 Å². The zero-order valence-electron chi connectivity index (χ0n) is 21.2. The first-order valence-electron chi connectivity index (χ1n) is 13.3. The first-order chi connectivity index (χ1) is 19.3. The van der Waals surface area contributed by atoms with E-state index in [4.69, 9.17) is 9.47 Å². The molecule has 2 aliphatic heterocycles. The Bertz CT molecular complexity index is 1810. The highest BCUT2D eigenvalue weighted by molar-refractivity contribution is 5.83. The largest absolute Gasteiger partial charge is 0.457 e. The van der Waals surface area contributed by atoms with Crippen LogP contribution in [-0.2, 0) is 5.41 Å². The Morgan fingerprint density at radius 1 is 0.359 bits per heavy atom. The molecule has 0 aliphatic carbocycles. The lowest BCUT2D eigenvalue weighted by atomic mass is 9.61. The third-order valence-corrected chi connectivity index (χ3v) is 8.01. The molecule has 0 saturated heterocycles. The highest BCUT2D eigenvalue weighted by Gasteiger charge is 2.51.